The molecule has 1 N–H and O–H groups in total. The fourth-order valence-electron chi connectivity index (χ4n) is 4.56. The topological polar surface area (TPSA) is 20.2 Å². The van der Waals surface area contributed by atoms with Crippen LogP contribution in [0.1, 0.15) is 115 Å². The van der Waals surface area contributed by atoms with Gasteiger partial charge in [-0.05, 0) is 41.2 Å². The van der Waals surface area contributed by atoms with E-state index in [-0.39, 0.29) is 10.8 Å². The molecular formula is C29H44O. The molecule has 0 aromatic heterocycles. The predicted octanol–water partition coefficient (Wildman–Crippen LogP) is 8.70. The molecule has 2 aromatic rings. The van der Waals surface area contributed by atoms with E-state index in [4.69, 9.17) is 0 Å². The predicted molar refractivity (Wildman–Crippen MR) is 132 cm³/mol. The van der Waals surface area contributed by atoms with Gasteiger partial charge < -0.3 is 5.11 Å². The van der Waals surface area contributed by atoms with Crippen LogP contribution < -0.4 is 0 Å². The number of phenolic OH excluding ortho intramolecular Hbond substituents is 1. The van der Waals surface area contributed by atoms with Gasteiger partial charge in [-0.25, -0.2) is 0 Å². The van der Waals surface area contributed by atoms with E-state index >= 15 is 0 Å². The quantitative estimate of drug-likeness (QED) is 0.348. The summed E-state index contributed by atoms with van der Waals surface area (Å²) in [5, 5.41) is 11.5. The van der Waals surface area contributed by atoms with Gasteiger partial charge >= 0.3 is 0 Å². The average molecular weight is 409 g/mol. The molecule has 0 heterocycles. The highest BCUT2D eigenvalue weighted by Gasteiger charge is 2.31. The minimum absolute atomic E-state index is 0.0276. The van der Waals surface area contributed by atoms with Crippen LogP contribution >= 0.6 is 0 Å². The lowest BCUT2D eigenvalue weighted by Crippen LogP contribution is -2.22. The van der Waals surface area contributed by atoms with Gasteiger partial charge in [0.15, 0.2) is 0 Å². The lowest BCUT2D eigenvalue weighted by Gasteiger charge is -2.33. The standard InChI is InChI=1S/C29H44O/c1-7-9-14-18-28(3,4)25-21-24(20-23-16-12-11-13-17-23)22-26(27(25)30)29(5,6)19-15-10-8-2/h11-13,16-17,21-22,30H,7-10,14-15,18-20H2,1-6H3. The first-order valence-corrected chi connectivity index (χ1v) is 12.1. The monoisotopic (exact) mass is 408 g/mol. The molecule has 166 valence electrons. The summed E-state index contributed by atoms with van der Waals surface area (Å²) in [5.41, 5.74) is 4.85. The molecule has 0 spiro atoms. The summed E-state index contributed by atoms with van der Waals surface area (Å²) in [6, 6.07) is 15.3. The molecule has 0 bridgehead atoms. The summed E-state index contributed by atoms with van der Waals surface area (Å²) >= 11 is 0. The Hall–Kier alpha value is -1.76. The Morgan fingerprint density at radius 3 is 1.57 bits per heavy atom. The van der Waals surface area contributed by atoms with Crippen molar-refractivity contribution in [2.24, 2.45) is 0 Å². The molecule has 0 atom stereocenters. The minimum Gasteiger partial charge on any atom is -0.507 e. The highest BCUT2D eigenvalue weighted by molar-refractivity contribution is 5.51. The van der Waals surface area contributed by atoms with Gasteiger partial charge in [-0.3, -0.25) is 0 Å². The molecule has 0 radical (unpaired) electrons. The average Bonchev–Trinajstić information content (AvgIpc) is 2.70. The Bertz CT molecular complexity index is 727. The molecule has 30 heavy (non-hydrogen) atoms. The third-order valence-corrected chi connectivity index (χ3v) is 6.69. The van der Waals surface area contributed by atoms with Crippen LogP contribution in [0.5, 0.6) is 5.75 Å². The van der Waals surface area contributed by atoms with Crippen molar-refractivity contribution in [2.45, 2.75) is 110 Å². The molecule has 2 aromatic carbocycles. The van der Waals surface area contributed by atoms with Crippen molar-refractivity contribution in [3.63, 3.8) is 0 Å². The van der Waals surface area contributed by atoms with Crippen molar-refractivity contribution in [3.05, 3.63) is 64.7 Å². The zero-order valence-corrected chi connectivity index (χ0v) is 20.4. The van der Waals surface area contributed by atoms with E-state index in [0.717, 1.165) is 30.4 Å². The second kappa shape index (κ2) is 11.0. The third-order valence-electron chi connectivity index (χ3n) is 6.69. The first-order valence-electron chi connectivity index (χ1n) is 12.1. The molecule has 0 aliphatic carbocycles. The summed E-state index contributed by atoms with van der Waals surface area (Å²) in [7, 11) is 0. The minimum atomic E-state index is -0.0276. The number of phenols is 1. The fraction of sp³-hybridized carbons (Fsp3) is 0.586. The third kappa shape index (κ3) is 6.62. The summed E-state index contributed by atoms with van der Waals surface area (Å²) < 4.78 is 0. The molecule has 0 saturated heterocycles. The van der Waals surface area contributed by atoms with Crippen molar-refractivity contribution in [3.8, 4) is 5.75 Å². The van der Waals surface area contributed by atoms with Crippen molar-refractivity contribution < 1.29 is 5.11 Å². The zero-order chi connectivity index (χ0) is 22.2. The van der Waals surface area contributed by atoms with E-state index in [0.29, 0.717) is 5.75 Å². The fourth-order valence-corrected chi connectivity index (χ4v) is 4.56. The van der Waals surface area contributed by atoms with Gasteiger partial charge in [0.1, 0.15) is 5.75 Å². The summed E-state index contributed by atoms with van der Waals surface area (Å²) in [4.78, 5) is 0. The smallest absolute Gasteiger partial charge is 0.123 e. The van der Waals surface area contributed by atoms with Crippen molar-refractivity contribution in [2.75, 3.05) is 0 Å². The maximum Gasteiger partial charge on any atom is 0.123 e. The van der Waals surface area contributed by atoms with E-state index in [1.54, 1.807) is 0 Å². The molecule has 0 aliphatic rings. The number of aromatic hydroxyl groups is 1. The molecule has 0 unspecified atom stereocenters. The van der Waals surface area contributed by atoms with Crippen LogP contribution in [0.15, 0.2) is 42.5 Å². The van der Waals surface area contributed by atoms with Crippen molar-refractivity contribution >= 4 is 0 Å². The molecular weight excluding hydrogens is 364 g/mol. The summed E-state index contributed by atoms with van der Waals surface area (Å²) in [6.07, 6.45) is 10.5. The first kappa shape index (κ1) is 24.5. The number of unbranched alkanes of at least 4 members (excludes halogenated alkanes) is 4. The molecule has 0 amide bonds. The van der Waals surface area contributed by atoms with E-state index in [9.17, 15) is 5.11 Å². The van der Waals surface area contributed by atoms with Crippen LogP contribution in [0.3, 0.4) is 0 Å². The van der Waals surface area contributed by atoms with Gasteiger partial charge in [-0.2, -0.15) is 0 Å². The molecule has 0 aliphatic heterocycles. The Morgan fingerprint density at radius 2 is 1.13 bits per heavy atom. The van der Waals surface area contributed by atoms with Gasteiger partial charge in [-0.1, -0.05) is 123 Å². The lowest BCUT2D eigenvalue weighted by molar-refractivity contribution is 0.380. The van der Waals surface area contributed by atoms with E-state index in [1.165, 1.54) is 49.7 Å². The summed E-state index contributed by atoms with van der Waals surface area (Å²) in [6.45, 7) is 13.7. The molecule has 2 rings (SSSR count). The Morgan fingerprint density at radius 1 is 0.667 bits per heavy atom. The van der Waals surface area contributed by atoms with Crippen LogP contribution in [0.4, 0.5) is 0 Å². The molecule has 1 heteroatoms. The van der Waals surface area contributed by atoms with Crippen molar-refractivity contribution in [1.29, 1.82) is 0 Å². The van der Waals surface area contributed by atoms with Crippen molar-refractivity contribution in [1.82, 2.24) is 0 Å². The first-order chi connectivity index (χ1) is 14.2. The second-order valence-electron chi connectivity index (χ2n) is 10.4. The normalized spacial score (nSPS) is 12.3. The SMILES string of the molecule is CCCCCC(C)(C)c1cc(Cc2ccccc2)cc(C(C)(C)CCCCC)c1O. The second-order valence-corrected chi connectivity index (χ2v) is 10.4. The van der Waals surface area contributed by atoms with Crippen LogP contribution in [-0.2, 0) is 17.3 Å². The highest BCUT2D eigenvalue weighted by atomic mass is 16.3. The lowest BCUT2D eigenvalue weighted by atomic mass is 9.73. The molecule has 0 saturated carbocycles. The van der Waals surface area contributed by atoms with Gasteiger partial charge in [0.2, 0.25) is 0 Å². The van der Waals surface area contributed by atoms with Crippen LogP contribution in [0, 0.1) is 0 Å². The van der Waals surface area contributed by atoms with Gasteiger partial charge in [0, 0.05) is 11.1 Å². The van der Waals surface area contributed by atoms with Gasteiger partial charge in [-0.15, -0.1) is 0 Å². The molecule has 0 fully saturated rings. The van der Waals surface area contributed by atoms with Crippen LogP contribution in [-0.4, -0.2) is 5.11 Å². The van der Waals surface area contributed by atoms with Gasteiger partial charge in [0.25, 0.3) is 0 Å². The largest absolute Gasteiger partial charge is 0.507 e. The molecule has 1 nitrogen and oxygen atoms in total. The number of hydrogen-bond donors (Lipinski definition) is 1. The van der Waals surface area contributed by atoms with Crippen LogP contribution in [0.25, 0.3) is 0 Å². The number of hydrogen-bond acceptors (Lipinski definition) is 1. The Kier molecular flexibility index (Phi) is 9.01. The Balaban J connectivity index is 2.47. The van der Waals surface area contributed by atoms with Crippen LogP contribution in [0.2, 0.25) is 0 Å². The van der Waals surface area contributed by atoms with E-state index in [1.807, 2.05) is 0 Å². The Labute approximate surface area is 185 Å². The summed E-state index contributed by atoms with van der Waals surface area (Å²) in [5.74, 6) is 0.537. The van der Waals surface area contributed by atoms with Gasteiger partial charge in [0.05, 0.1) is 0 Å². The highest BCUT2D eigenvalue weighted by Crippen LogP contribution is 2.44. The van der Waals surface area contributed by atoms with E-state index in [2.05, 4.69) is 84.0 Å². The van der Waals surface area contributed by atoms with E-state index < -0.39 is 0 Å². The maximum atomic E-state index is 11.5. The number of rotatable bonds is 12. The maximum absolute atomic E-state index is 11.5. The zero-order valence-electron chi connectivity index (χ0n) is 20.4. The number of benzene rings is 2.